The summed E-state index contributed by atoms with van der Waals surface area (Å²) in [6.07, 6.45) is 2.09. The number of nitrogens with zero attached hydrogens (tertiary/aromatic N) is 2. The van der Waals surface area contributed by atoms with Gasteiger partial charge in [0, 0.05) is 12.8 Å². The first-order valence-electron chi connectivity index (χ1n) is 6.38. The van der Waals surface area contributed by atoms with Crippen molar-refractivity contribution in [2.75, 3.05) is 7.11 Å². The van der Waals surface area contributed by atoms with Gasteiger partial charge in [-0.1, -0.05) is 17.3 Å². The number of carboxylic acid groups (broad SMARTS) is 1. The summed E-state index contributed by atoms with van der Waals surface area (Å²) in [5.41, 5.74) is 0.749. The molecule has 0 unspecified atom stereocenters. The van der Waals surface area contributed by atoms with Gasteiger partial charge in [0.25, 0.3) is 5.89 Å². The van der Waals surface area contributed by atoms with E-state index in [9.17, 15) is 4.79 Å². The van der Waals surface area contributed by atoms with Crippen LogP contribution in [0.1, 0.15) is 25.1 Å². The van der Waals surface area contributed by atoms with E-state index in [0.717, 1.165) is 12.0 Å². The lowest BCUT2D eigenvalue weighted by Gasteiger charge is -2.02. The van der Waals surface area contributed by atoms with Gasteiger partial charge in [-0.15, -0.1) is 0 Å². The van der Waals surface area contributed by atoms with Crippen molar-refractivity contribution in [3.8, 4) is 17.2 Å². The summed E-state index contributed by atoms with van der Waals surface area (Å²) >= 11 is 0. The first-order valence-corrected chi connectivity index (χ1v) is 6.38. The minimum Gasteiger partial charge on any atom is -0.496 e. The Morgan fingerprint density at radius 3 is 2.90 bits per heavy atom. The quantitative estimate of drug-likeness (QED) is 0.782. The number of unbranched alkanes of at least 4 members (excludes halogenated alkanes) is 1. The highest BCUT2D eigenvalue weighted by Crippen LogP contribution is 2.28. The van der Waals surface area contributed by atoms with Crippen LogP contribution in [0.15, 0.2) is 28.8 Å². The summed E-state index contributed by atoms with van der Waals surface area (Å²) in [7, 11) is 1.59. The molecule has 0 atom stereocenters. The van der Waals surface area contributed by atoms with E-state index in [0.29, 0.717) is 30.3 Å². The van der Waals surface area contributed by atoms with Gasteiger partial charge in [0.2, 0.25) is 0 Å². The van der Waals surface area contributed by atoms with Crippen LogP contribution in [0.3, 0.4) is 0 Å². The molecule has 6 nitrogen and oxygen atoms in total. The lowest BCUT2D eigenvalue weighted by Crippen LogP contribution is -1.95. The molecular formula is C14H16N2O4. The number of aliphatic carboxylic acids is 1. The van der Waals surface area contributed by atoms with Gasteiger partial charge in [-0.25, -0.2) is 0 Å². The molecule has 106 valence electrons. The molecule has 0 aliphatic heterocycles. The molecule has 0 aliphatic rings. The molecule has 0 amide bonds. The molecule has 0 fully saturated rings. The molecule has 1 aromatic heterocycles. The minimum absolute atomic E-state index is 0.164. The molecular weight excluding hydrogens is 260 g/mol. The lowest BCUT2D eigenvalue weighted by molar-refractivity contribution is -0.137. The van der Waals surface area contributed by atoms with Crippen LogP contribution in [0.5, 0.6) is 5.75 Å². The van der Waals surface area contributed by atoms with Crippen LogP contribution in [0.4, 0.5) is 0 Å². The third kappa shape index (κ3) is 3.57. The number of methoxy groups -OCH3 is 1. The van der Waals surface area contributed by atoms with E-state index in [1.807, 2.05) is 24.3 Å². The Morgan fingerprint density at radius 1 is 1.35 bits per heavy atom. The van der Waals surface area contributed by atoms with Crippen molar-refractivity contribution in [2.45, 2.75) is 25.7 Å². The number of carbonyl (C=O) groups is 1. The second kappa shape index (κ2) is 6.70. The van der Waals surface area contributed by atoms with Crippen molar-refractivity contribution < 1.29 is 19.2 Å². The van der Waals surface area contributed by atoms with Gasteiger partial charge < -0.3 is 14.4 Å². The fourth-order valence-corrected chi connectivity index (χ4v) is 1.85. The lowest BCUT2D eigenvalue weighted by atomic mass is 10.2. The normalized spacial score (nSPS) is 10.4. The standard InChI is InChI=1S/C14H16N2O4/c1-19-11-7-3-2-6-10(11)14-15-12(16-20-14)8-4-5-9-13(17)18/h2-3,6-7H,4-5,8-9H2,1H3,(H,17,18). The molecule has 1 N–H and O–H groups in total. The van der Waals surface area contributed by atoms with Crippen molar-refractivity contribution in [3.05, 3.63) is 30.1 Å². The summed E-state index contributed by atoms with van der Waals surface area (Å²) in [4.78, 5) is 14.7. The van der Waals surface area contributed by atoms with E-state index in [2.05, 4.69) is 10.1 Å². The van der Waals surface area contributed by atoms with E-state index in [4.69, 9.17) is 14.4 Å². The summed E-state index contributed by atoms with van der Waals surface area (Å²) < 4.78 is 10.5. The van der Waals surface area contributed by atoms with Crippen LogP contribution in [0.25, 0.3) is 11.5 Å². The molecule has 20 heavy (non-hydrogen) atoms. The van der Waals surface area contributed by atoms with E-state index in [1.54, 1.807) is 7.11 Å². The Balaban J connectivity index is 2.00. The van der Waals surface area contributed by atoms with Crippen molar-refractivity contribution in [2.24, 2.45) is 0 Å². The fourth-order valence-electron chi connectivity index (χ4n) is 1.85. The molecule has 0 bridgehead atoms. The highest BCUT2D eigenvalue weighted by Gasteiger charge is 2.12. The summed E-state index contributed by atoms with van der Waals surface area (Å²) in [6.45, 7) is 0. The Kier molecular flexibility index (Phi) is 4.70. The smallest absolute Gasteiger partial charge is 0.303 e. The van der Waals surface area contributed by atoms with Crippen LogP contribution in [0.2, 0.25) is 0 Å². The summed E-state index contributed by atoms with van der Waals surface area (Å²) in [5.74, 6) is 0.883. The van der Waals surface area contributed by atoms with Gasteiger partial charge in [-0.05, 0) is 25.0 Å². The molecule has 0 saturated carbocycles. The number of para-hydroxylation sites is 1. The SMILES string of the molecule is COc1ccccc1-c1nc(CCCCC(=O)O)no1. The number of benzene rings is 1. The number of aryl methyl sites for hydroxylation is 1. The average Bonchev–Trinajstić information content (AvgIpc) is 2.92. The van der Waals surface area contributed by atoms with Gasteiger partial charge >= 0.3 is 5.97 Å². The zero-order chi connectivity index (χ0) is 14.4. The number of rotatable bonds is 7. The molecule has 0 radical (unpaired) electrons. The number of carboxylic acids is 1. The van der Waals surface area contributed by atoms with Crippen LogP contribution < -0.4 is 4.74 Å². The zero-order valence-electron chi connectivity index (χ0n) is 11.2. The second-order valence-electron chi connectivity index (χ2n) is 4.32. The maximum Gasteiger partial charge on any atom is 0.303 e. The molecule has 0 aliphatic carbocycles. The zero-order valence-corrected chi connectivity index (χ0v) is 11.2. The fraction of sp³-hybridized carbons (Fsp3) is 0.357. The summed E-state index contributed by atoms with van der Waals surface area (Å²) in [6, 6.07) is 7.41. The highest BCUT2D eigenvalue weighted by atomic mass is 16.5. The maximum absolute atomic E-state index is 10.4. The van der Waals surface area contributed by atoms with Crippen LogP contribution >= 0.6 is 0 Å². The molecule has 1 aromatic carbocycles. The largest absolute Gasteiger partial charge is 0.496 e. The first-order chi connectivity index (χ1) is 9.70. The Morgan fingerprint density at radius 2 is 2.15 bits per heavy atom. The number of aromatic nitrogens is 2. The molecule has 2 aromatic rings. The second-order valence-corrected chi connectivity index (χ2v) is 4.32. The third-order valence-electron chi connectivity index (χ3n) is 2.85. The van der Waals surface area contributed by atoms with E-state index in [-0.39, 0.29) is 6.42 Å². The molecule has 1 heterocycles. The van der Waals surface area contributed by atoms with Crippen LogP contribution in [0, 0.1) is 0 Å². The molecule has 0 spiro atoms. The highest BCUT2D eigenvalue weighted by molar-refractivity contribution is 5.66. The van der Waals surface area contributed by atoms with E-state index < -0.39 is 5.97 Å². The molecule has 0 saturated heterocycles. The Bertz CT molecular complexity index is 580. The van der Waals surface area contributed by atoms with Crippen molar-refractivity contribution in [1.29, 1.82) is 0 Å². The monoisotopic (exact) mass is 276 g/mol. The predicted molar refractivity (Wildman–Crippen MR) is 71.5 cm³/mol. The van der Waals surface area contributed by atoms with E-state index >= 15 is 0 Å². The van der Waals surface area contributed by atoms with Gasteiger partial charge in [-0.3, -0.25) is 4.79 Å². The summed E-state index contributed by atoms with van der Waals surface area (Å²) in [5, 5.41) is 12.5. The van der Waals surface area contributed by atoms with Gasteiger partial charge in [0.15, 0.2) is 5.82 Å². The van der Waals surface area contributed by atoms with Gasteiger partial charge in [0.1, 0.15) is 5.75 Å². The number of hydrogen-bond acceptors (Lipinski definition) is 5. The van der Waals surface area contributed by atoms with Crippen molar-refractivity contribution in [1.82, 2.24) is 10.1 Å². The molecule has 6 heteroatoms. The van der Waals surface area contributed by atoms with Crippen molar-refractivity contribution in [3.63, 3.8) is 0 Å². The first kappa shape index (κ1) is 14.0. The van der Waals surface area contributed by atoms with Crippen LogP contribution in [-0.4, -0.2) is 28.3 Å². The van der Waals surface area contributed by atoms with E-state index in [1.165, 1.54) is 0 Å². The van der Waals surface area contributed by atoms with Gasteiger partial charge in [-0.2, -0.15) is 4.98 Å². The minimum atomic E-state index is -0.784. The Labute approximate surface area is 116 Å². The third-order valence-corrected chi connectivity index (χ3v) is 2.85. The topological polar surface area (TPSA) is 85.5 Å². The van der Waals surface area contributed by atoms with Crippen LogP contribution in [-0.2, 0) is 11.2 Å². The van der Waals surface area contributed by atoms with Gasteiger partial charge in [0.05, 0.1) is 12.7 Å². The molecule has 2 rings (SSSR count). The number of ether oxygens (including phenoxy) is 1. The van der Waals surface area contributed by atoms with Crippen molar-refractivity contribution >= 4 is 5.97 Å². The predicted octanol–water partition coefficient (Wildman–Crippen LogP) is 2.54. The maximum atomic E-state index is 10.4. The Hall–Kier alpha value is -2.37. The average molecular weight is 276 g/mol. The number of hydrogen-bond donors (Lipinski definition) is 1.